The van der Waals surface area contributed by atoms with Crippen molar-refractivity contribution in [3.63, 3.8) is 0 Å². The molecule has 1 aromatic carbocycles. The molecule has 8 heteroatoms. The summed E-state index contributed by atoms with van der Waals surface area (Å²) in [5, 5.41) is 20.8. The summed E-state index contributed by atoms with van der Waals surface area (Å²) in [6.07, 6.45) is 0.777. The van der Waals surface area contributed by atoms with Crippen molar-refractivity contribution in [2.24, 2.45) is 0 Å². The predicted molar refractivity (Wildman–Crippen MR) is 91.8 cm³/mol. The number of amides is 1. The predicted octanol–water partition coefficient (Wildman–Crippen LogP) is 2.74. The van der Waals surface area contributed by atoms with Crippen LogP contribution < -0.4 is 10.2 Å². The smallest absolute Gasteiger partial charge is 0.240 e. The highest BCUT2D eigenvalue weighted by molar-refractivity contribution is 8.02. The van der Waals surface area contributed by atoms with Crippen molar-refractivity contribution >= 4 is 39.8 Å². The number of benzene rings is 1. The Labute approximate surface area is 142 Å². The number of carbonyl (C=O) groups is 1. The number of aromatic nitrogens is 2. The summed E-state index contributed by atoms with van der Waals surface area (Å²) in [5.41, 5.74) is 1.43. The first kappa shape index (κ1) is 15.8. The molecule has 0 saturated carbocycles. The Balaban J connectivity index is 1.67. The first-order chi connectivity index (χ1) is 11.2. The van der Waals surface area contributed by atoms with Crippen molar-refractivity contribution in [3.05, 3.63) is 29.8 Å². The fourth-order valence-corrected chi connectivity index (χ4v) is 4.44. The van der Waals surface area contributed by atoms with Gasteiger partial charge in [-0.15, -0.1) is 10.2 Å². The Morgan fingerprint density at radius 2 is 2.22 bits per heavy atom. The van der Waals surface area contributed by atoms with E-state index in [4.69, 9.17) is 5.26 Å². The Morgan fingerprint density at radius 1 is 1.43 bits per heavy atom. The zero-order valence-electron chi connectivity index (χ0n) is 12.5. The highest BCUT2D eigenvalue weighted by Crippen LogP contribution is 2.35. The molecule has 23 heavy (non-hydrogen) atoms. The van der Waals surface area contributed by atoms with Gasteiger partial charge in [-0.05, 0) is 37.6 Å². The first-order valence-corrected chi connectivity index (χ1v) is 8.96. The van der Waals surface area contributed by atoms with Crippen LogP contribution in [0.5, 0.6) is 0 Å². The third-order valence-electron chi connectivity index (χ3n) is 3.44. The third-order valence-corrected chi connectivity index (χ3v) is 5.66. The lowest BCUT2D eigenvalue weighted by Crippen LogP contribution is -2.27. The number of hydrogen-bond donors (Lipinski definition) is 1. The maximum absolute atomic E-state index is 12.6. The zero-order valence-corrected chi connectivity index (χ0v) is 14.2. The normalized spacial score (nSPS) is 17.3. The summed E-state index contributed by atoms with van der Waals surface area (Å²) < 4.78 is 0.806. The molecule has 1 aromatic heterocycles. The molecular weight excluding hydrogens is 330 g/mol. The molecule has 0 spiro atoms. The molecule has 1 aliphatic rings. The molecular formula is C15H15N5OS2. The summed E-state index contributed by atoms with van der Waals surface area (Å²) in [7, 11) is 0. The topological polar surface area (TPSA) is 81.9 Å². The molecule has 1 N–H and O–H groups in total. The van der Waals surface area contributed by atoms with Crippen LogP contribution in [0.15, 0.2) is 28.6 Å². The van der Waals surface area contributed by atoms with Crippen LogP contribution in [0, 0.1) is 11.3 Å². The number of hydrogen-bond acceptors (Lipinski definition) is 7. The van der Waals surface area contributed by atoms with Gasteiger partial charge in [0.25, 0.3) is 0 Å². The first-order valence-electron chi connectivity index (χ1n) is 7.27. The van der Waals surface area contributed by atoms with E-state index in [1.165, 1.54) is 23.1 Å². The summed E-state index contributed by atoms with van der Waals surface area (Å²) >= 11 is 2.94. The lowest BCUT2D eigenvalue weighted by atomic mass is 10.2. The van der Waals surface area contributed by atoms with Crippen molar-refractivity contribution in [2.45, 2.75) is 22.9 Å². The maximum atomic E-state index is 12.6. The van der Waals surface area contributed by atoms with Crippen LogP contribution in [-0.4, -0.2) is 34.4 Å². The van der Waals surface area contributed by atoms with Gasteiger partial charge in [0.05, 0.1) is 16.9 Å². The minimum absolute atomic E-state index is 0.0832. The second kappa shape index (κ2) is 6.98. The van der Waals surface area contributed by atoms with Gasteiger partial charge in [0, 0.05) is 18.8 Å². The Hall–Kier alpha value is -2.11. The molecule has 2 aromatic rings. The van der Waals surface area contributed by atoms with Gasteiger partial charge in [-0.25, -0.2) is 0 Å². The van der Waals surface area contributed by atoms with Gasteiger partial charge in [-0.3, -0.25) is 4.79 Å². The lowest BCUT2D eigenvalue weighted by Gasteiger charge is -2.16. The molecule has 1 saturated heterocycles. The van der Waals surface area contributed by atoms with E-state index >= 15 is 0 Å². The molecule has 1 aliphatic heterocycles. The number of anilines is 2. The fourth-order valence-electron chi connectivity index (χ4n) is 2.34. The van der Waals surface area contributed by atoms with Crippen LogP contribution in [0.4, 0.5) is 10.8 Å². The number of nitrogens with zero attached hydrogens (tertiary/aromatic N) is 4. The standard InChI is InChI=1S/C15H15N5OS2/c1-2-17-14-18-19-15(23-14)22-12-7-8-20(13(12)21)11-5-3-10(9-16)4-6-11/h3-6,12H,2,7-8H2,1H3,(H,17,18)/t12-/m1/s1. The van der Waals surface area contributed by atoms with Gasteiger partial charge in [-0.1, -0.05) is 23.1 Å². The highest BCUT2D eigenvalue weighted by atomic mass is 32.2. The van der Waals surface area contributed by atoms with Crippen molar-refractivity contribution in [3.8, 4) is 6.07 Å². The van der Waals surface area contributed by atoms with Crippen molar-refractivity contribution in [1.82, 2.24) is 10.2 Å². The molecule has 2 heterocycles. The SMILES string of the molecule is CCNc1nnc(S[C@@H]2CCN(c3ccc(C#N)cc3)C2=O)s1. The zero-order chi connectivity index (χ0) is 16.2. The second-order valence-electron chi connectivity index (χ2n) is 4.95. The lowest BCUT2D eigenvalue weighted by molar-refractivity contribution is -0.116. The van der Waals surface area contributed by atoms with Crippen LogP contribution in [0.25, 0.3) is 0 Å². The van der Waals surface area contributed by atoms with E-state index in [1.54, 1.807) is 17.0 Å². The largest absolute Gasteiger partial charge is 0.360 e. The molecule has 118 valence electrons. The van der Waals surface area contributed by atoms with Crippen molar-refractivity contribution in [2.75, 3.05) is 23.3 Å². The third kappa shape index (κ3) is 3.46. The van der Waals surface area contributed by atoms with Gasteiger partial charge < -0.3 is 10.2 Å². The summed E-state index contributed by atoms with van der Waals surface area (Å²) in [5.74, 6) is 0.0832. The Kier molecular flexibility index (Phi) is 4.79. The number of carbonyl (C=O) groups excluding carboxylic acids is 1. The van der Waals surface area contributed by atoms with Crippen molar-refractivity contribution in [1.29, 1.82) is 5.26 Å². The minimum atomic E-state index is -0.131. The van der Waals surface area contributed by atoms with Crippen LogP contribution in [0.3, 0.4) is 0 Å². The van der Waals surface area contributed by atoms with E-state index in [2.05, 4.69) is 21.6 Å². The van der Waals surface area contributed by atoms with Crippen LogP contribution in [0.1, 0.15) is 18.9 Å². The van der Waals surface area contributed by atoms with Crippen LogP contribution >= 0.6 is 23.1 Å². The highest BCUT2D eigenvalue weighted by Gasteiger charge is 2.34. The van der Waals surface area contributed by atoms with Crippen molar-refractivity contribution < 1.29 is 4.79 Å². The second-order valence-corrected chi connectivity index (χ2v) is 7.37. The molecule has 3 rings (SSSR count). The van der Waals surface area contributed by atoms with Gasteiger partial charge in [0.15, 0.2) is 4.34 Å². The van der Waals surface area contributed by atoms with Gasteiger partial charge in [-0.2, -0.15) is 5.26 Å². The molecule has 0 bridgehead atoms. The molecule has 1 atom stereocenters. The molecule has 0 unspecified atom stereocenters. The number of nitrogens with one attached hydrogen (secondary N) is 1. The molecule has 1 fully saturated rings. The Bertz CT molecular complexity index is 737. The summed E-state index contributed by atoms with van der Waals surface area (Å²) in [6, 6.07) is 9.18. The summed E-state index contributed by atoms with van der Waals surface area (Å²) in [6.45, 7) is 3.49. The van der Waals surface area contributed by atoms with E-state index in [9.17, 15) is 4.79 Å². The molecule has 1 amide bonds. The summed E-state index contributed by atoms with van der Waals surface area (Å²) in [4.78, 5) is 14.3. The average molecular weight is 345 g/mol. The van der Waals surface area contributed by atoms with Crippen LogP contribution in [0.2, 0.25) is 0 Å². The number of thioether (sulfide) groups is 1. The van der Waals surface area contributed by atoms with E-state index in [0.717, 1.165) is 28.1 Å². The van der Waals surface area contributed by atoms with E-state index < -0.39 is 0 Å². The molecule has 0 radical (unpaired) electrons. The monoisotopic (exact) mass is 345 g/mol. The molecule has 6 nitrogen and oxygen atoms in total. The van der Waals surface area contributed by atoms with E-state index in [0.29, 0.717) is 12.1 Å². The van der Waals surface area contributed by atoms with Gasteiger partial charge >= 0.3 is 0 Å². The van der Waals surface area contributed by atoms with Gasteiger partial charge in [0.1, 0.15) is 0 Å². The maximum Gasteiger partial charge on any atom is 0.240 e. The quantitative estimate of drug-likeness (QED) is 0.897. The van der Waals surface area contributed by atoms with Gasteiger partial charge in [0.2, 0.25) is 11.0 Å². The van der Waals surface area contributed by atoms with E-state index in [-0.39, 0.29) is 11.2 Å². The minimum Gasteiger partial charge on any atom is -0.360 e. The Morgan fingerprint density at radius 3 is 2.91 bits per heavy atom. The van der Waals surface area contributed by atoms with Crippen LogP contribution in [-0.2, 0) is 4.79 Å². The fraction of sp³-hybridized carbons (Fsp3) is 0.333. The number of rotatable bonds is 5. The average Bonchev–Trinajstić information content (AvgIpc) is 3.16. The molecule has 0 aliphatic carbocycles. The van der Waals surface area contributed by atoms with E-state index in [1.807, 2.05) is 19.1 Å². The number of nitriles is 1.